The molecule has 0 aromatic heterocycles. The summed E-state index contributed by atoms with van der Waals surface area (Å²) < 4.78 is 9.97. The van der Waals surface area contributed by atoms with Gasteiger partial charge in [-0.3, -0.25) is 15.0 Å². The number of hydrogen-bond acceptors (Lipinski definition) is 6. The molecule has 1 atom stereocenters. The lowest BCUT2D eigenvalue weighted by Crippen LogP contribution is -2.54. The van der Waals surface area contributed by atoms with E-state index in [1.54, 1.807) is 32.9 Å². The predicted molar refractivity (Wildman–Crippen MR) is 105 cm³/mol. The highest BCUT2D eigenvalue weighted by molar-refractivity contribution is 6.33. The number of esters is 1. The number of carbonyl (C=O) groups is 4. The molecule has 9 nitrogen and oxygen atoms in total. The van der Waals surface area contributed by atoms with Crippen molar-refractivity contribution in [3.05, 3.63) is 35.9 Å². The van der Waals surface area contributed by atoms with Crippen LogP contribution in [-0.4, -0.2) is 35.5 Å². The fourth-order valence-electron chi connectivity index (χ4n) is 2.20. The van der Waals surface area contributed by atoms with Crippen LogP contribution in [0.5, 0.6) is 0 Å². The van der Waals surface area contributed by atoms with Crippen molar-refractivity contribution in [3.63, 3.8) is 0 Å². The highest BCUT2D eigenvalue weighted by Gasteiger charge is 2.28. The van der Waals surface area contributed by atoms with Gasteiger partial charge in [0.25, 0.3) is 5.91 Å². The van der Waals surface area contributed by atoms with Crippen molar-refractivity contribution in [2.24, 2.45) is 5.92 Å². The zero-order valence-corrected chi connectivity index (χ0v) is 17.4. The van der Waals surface area contributed by atoms with E-state index >= 15 is 0 Å². The maximum Gasteiger partial charge on any atom is 0.426 e. The minimum Gasteiger partial charge on any atom is -0.453 e. The van der Waals surface area contributed by atoms with Gasteiger partial charge in [0.15, 0.2) is 0 Å². The number of amides is 3. The predicted octanol–water partition coefficient (Wildman–Crippen LogP) is 1.82. The summed E-state index contributed by atoms with van der Waals surface area (Å²) in [4.78, 5) is 48.0. The highest BCUT2D eigenvalue weighted by Crippen LogP contribution is 2.08. The molecule has 0 saturated carbocycles. The van der Waals surface area contributed by atoms with Gasteiger partial charge in [-0.2, -0.15) is 0 Å². The molecule has 0 radical (unpaired) electrons. The molecule has 0 aliphatic heterocycles. The molecule has 29 heavy (non-hydrogen) atoms. The Bertz CT molecular complexity index is 713. The van der Waals surface area contributed by atoms with Crippen LogP contribution in [0.1, 0.15) is 46.6 Å². The smallest absolute Gasteiger partial charge is 0.426 e. The van der Waals surface area contributed by atoms with Crippen molar-refractivity contribution < 1.29 is 28.7 Å². The van der Waals surface area contributed by atoms with Crippen LogP contribution in [0.2, 0.25) is 0 Å². The molecule has 0 aliphatic carbocycles. The lowest BCUT2D eigenvalue weighted by molar-refractivity contribution is -0.163. The standard InChI is InChI=1S/C20H29N3O6/c1-13(2)11-15(21-17(25)18(26)29-20(3,4)5)16(24)22-23-19(27)28-12-14-9-7-6-8-10-14/h6-10,13,15H,11-12H2,1-5H3,(H,21,25)(H,22,24)(H,23,27)/t15-/m1/s1. The first-order valence-electron chi connectivity index (χ1n) is 9.28. The molecule has 0 saturated heterocycles. The van der Waals surface area contributed by atoms with E-state index in [2.05, 4.69) is 16.2 Å². The van der Waals surface area contributed by atoms with Gasteiger partial charge in [-0.15, -0.1) is 0 Å². The average molecular weight is 407 g/mol. The number of hydrogen-bond donors (Lipinski definition) is 3. The molecule has 0 aliphatic rings. The van der Waals surface area contributed by atoms with E-state index in [0.717, 1.165) is 5.56 Å². The highest BCUT2D eigenvalue weighted by atomic mass is 16.6. The van der Waals surface area contributed by atoms with E-state index in [-0.39, 0.29) is 18.9 Å². The molecule has 3 amide bonds. The zero-order valence-electron chi connectivity index (χ0n) is 17.4. The average Bonchev–Trinajstić information content (AvgIpc) is 2.62. The molecule has 0 fully saturated rings. The second-order valence-corrected chi connectivity index (χ2v) is 7.83. The normalized spacial score (nSPS) is 11.9. The van der Waals surface area contributed by atoms with Crippen LogP contribution in [0.15, 0.2) is 30.3 Å². The second kappa shape index (κ2) is 11.0. The molecule has 3 N–H and O–H groups in total. The summed E-state index contributed by atoms with van der Waals surface area (Å²) in [5, 5.41) is 2.33. The Labute approximate surface area is 170 Å². The van der Waals surface area contributed by atoms with Crippen LogP contribution in [0.25, 0.3) is 0 Å². The summed E-state index contributed by atoms with van der Waals surface area (Å²) in [6.45, 7) is 8.61. The van der Waals surface area contributed by atoms with E-state index in [4.69, 9.17) is 9.47 Å². The molecular formula is C20H29N3O6. The Kier molecular flexibility index (Phi) is 9.11. The van der Waals surface area contributed by atoms with E-state index < -0.39 is 35.5 Å². The van der Waals surface area contributed by atoms with Gasteiger partial charge in [0.05, 0.1) is 0 Å². The third-order valence-corrected chi connectivity index (χ3v) is 3.41. The largest absolute Gasteiger partial charge is 0.453 e. The topological polar surface area (TPSA) is 123 Å². The summed E-state index contributed by atoms with van der Waals surface area (Å²) >= 11 is 0. The van der Waals surface area contributed by atoms with Crippen molar-refractivity contribution in [1.29, 1.82) is 0 Å². The van der Waals surface area contributed by atoms with Gasteiger partial charge in [-0.1, -0.05) is 44.2 Å². The van der Waals surface area contributed by atoms with Crippen molar-refractivity contribution in [2.75, 3.05) is 0 Å². The lowest BCUT2D eigenvalue weighted by atomic mass is 10.0. The summed E-state index contributed by atoms with van der Waals surface area (Å²) in [5.41, 5.74) is 4.25. The third-order valence-electron chi connectivity index (χ3n) is 3.41. The fourth-order valence-corrected chi connectivity index (χ4v) is 2.20. The van der Waals surface area contributed by atoms with E-state index in [9.17, 15) is 19.2 Å². The van der Waals surface area contributed by atoms with Gasteiger partial charge in [-0.05, 0) is 38.7 Å². The maximum absolute atomic E-state index is 12.4. The molecule has 160 valence electrons. The van der Waals surface area contributed by atoms with Gasteiger partial charge < -0.3 is 14.8 Å². The van der Waals surface area contributed by atoms with Gasteiger partial charge in [-0.25, -0.2) is 15.0 Å². The molecule has 1 rings (SSSR count). The molecule has 0 bridgehead atoms. The summed E-state index contributed by atoms with van der Waals surface area (Å²) in [6.07, 6.45) is -0.606. The van der Waals surface area contributed by atoms with Crippen molar-refractivity contribution in [1.82, 2.24) is 16.2 Å². The summed E-state index contributed by atoms with van der Waals surface area (Å²) in [6, 6.07) is 7.99. The van der Waals surface area contributed by atoms with Gasteiger partial charge >= 0.3 is 18.0 Å². The van der Waals surface area contributed by atoms with E-state index in [1.165, 1.54) is 0 Å². The molecular weight excluding hydrogens is 378 g/mol. The quantitative estimate of drug-likeness (QED) is 0.376. The Morgan fingerprint density at radius 1 is 1.00 bits per heavy atom. The third kappa shape index (κ3) is 10.1. The molecule has 0 spiro atoms. The number of benzene rings is 1. The molecule has 1 aromatic rings. The molecule has 9 heteroatoms. The molecule has 0 heterocycles. The van der Waals surface area contributed by atoms with E-state index in [1.807, 2.05) is 32.0 Å². The Balaban J connectivity index is 2.56. The van der Waals surface area contributed by atoms with Crippen LogP contribution in [0.4, 0.5) is 4.79 Å². The van der Waals surface area contributed by atoms with Crippen molar-refractivity contribution in [2.45, 2.75) is 59.3 Å². The summed E-state index contributed by atoms with van der Waals surface area (Å²) in [7, 11) is 0. The molecule has 0 unspecified atom stereocenters. The fraction of sp³-hybridized carbons (Fsp3) is 0.500. The number of carbonyl (C=O) groups excluding carboxylic acids is 4. The summed E-state index contributed by atoms with van der Waals surface area (Å²) in [5.74, 6) is -2.77. The minimum absolute atomic E-state index is 0.0351. The van der Waals surface area contributed by atoms with Crippen LogP contribution < -0.4 is 16.2 Å². The Morgan fingerprint density at radius 2 is 1.62 bits per heavy atom. The van der Waals surface area contributed by atoms with Crippen LogP contribution in [0.3, 0.4) is 0 Å². The van der Waals surface area contributed by atoms with Gasteiger partial charge in [0.1, 0.15) is 18.2 Å². The SMILES string of the molecule is CC(C)C[C@@H](NC(=O)C(=O)OC(C)(C)C)C(=O)NNC(=O)OCc1ccccc1. The Hall–Kier alpha value is -3.10. The first-order valence-corrected chi connectivity index (χ1v) is 9.28. The second-order valence-electron chi connectivity index (χ2n) is 7.83. The Morgan fingerprint density at radius 3 is 2.17 bits per heavy atom. The number of ether oxygens (including phenoxy) is 2. The van der Waals surface area contributed by atoms with Gasteiger partial charge in [0, 0.05) is 0 Å². The van der Waals surface area contributed by atoms with Crippen LogP contribution >= 0.6 is 0 Å². The van der Waals surface area contributed by atoms with Gasteiger partial charge in [0.2, 0.25) is 0 Å². The van der Waals surface area contributed by atoms with Crippen LogP contribution in [0, 0.1) is 5.92 Å². The first kappa shape index (κ1) is 23.9. The number of nitrogens with one attached hydrogen (secondary N) is 3. The van der Waals surface area contributed by atoms with Crippen LogP contribution in [-0.2, 0) is 30.5 Å². The maximum atomic E-state index is 12.4. The van der Waals surface area contributed by atoms with Crippen molar-refractivity contribution >= 4 is 23.9 Å². The number of hydrazine groups is 1. The lowest BCUT2D eigenvalue weighted by Gasteiger charge is -2.22. The minimum atomic E-state index is -1.09. The molecule has 1 aromatic carbocycles. The monoisotopic (exact) mass is 407 g/mol. The zero-order chi connectivity index (χ0) is 22.0. The van der Waals surface area contributed by atoms with Crippen molar-refractivity contribution in [3.8, 4) is 0 Å². The number of rotatable bonds is 6. The van der Waals surface area contributed by atoms with E-state index in [0.29, 0.717) is 0 Å². The first-order chi connectivity index (χ1) is 13.5.